The number of benzene rings is 1. The highest BCUT2D eigenvalue weighted by Gasteiger charge is 2.28. The first-order valence-electron chi connectivity index (χ1n) is 6.00. The predicted octanol–water partition coefficient (Wildman–Crippen LogP) is 0.856. The zero-order valence-corrected chi connectivity index (χ0v) is 10.0. The van der Waals surface area contributed by atoms with Gasteiger partial charge >= 0.3 is 5.97 Å². The van der Waals surface area contributed by atoms with Crippen molar-refractivity contribution >= 4 is 17.6 Å². The lowest BCUT2D eigenvalue weighted by Gasteiger charge is -2.24. The molecule has 0 spiro atoms. The van der Waals surface area contributed by atoms with Gasteiger partial charge in [0.05, 0.1) is 6.04 Å². The summed E-state index contributed by atoms with van der Waals surface area (Å²) in [5.41, 5.74) is 0.624. The van der Waals surface area contributed by atoms with Crippen LogP contribution in [-0.2, 0) is 9.59 Å². The van der Waals surface area contributed by atoms with E-state index in [4.69, 9.17) is 5.11 Å². The molecule has 1 amide bonds. The van der Waals surface area contributed by atoms with Crippen LogP contribution in [0.4, 0.5) is 5.69 Å². The summed E-state index contributed by atoms with van der Waals surface area (Å²) >= 11 is 0. The SMILES string of the molecule is O=C(O)CN(C(=O)[C@H]1CCCN1)c1ccccc1. The van der Waals surface area contributed by atoms with E-state index in [0.29, 0.717) is 5.69 Å². The van der Waals surface area contributed by atoms with Crippen molar-refractivity contribution < 1.29 is 14.7 Å². The average molecular weight is 248 g/mol. The smallest absolute Gasteiger partial charge is 0.323 e. The maximum absolute atomic E-state index is 12.3. The van der Waals surface area contributed by atoms with E-state index in [-0.39, 0.29) is 18.5 Å². The Balaban J connectivity index is 2.19. The standard InChI is InChI=1S/C13H16N2O3/c16-12(17)9-15(10-5-2-1-3-6-10)13(18)11-7-4-8-14-11/h1-3,5-6,11,14H,4,7-9H2,(H,16,17)/t11-/m1/s1. The van der Waals surface area contributed by atoms with Gasteiger partial charge in [-0.15, -0.1) is 0 Å². The van der Waals surface area contributed by atoms with E-state index < -0.39 is 5.97 Å². The maximum Gasteiger partial charge on any atom is 0.323 e. The van der Waals surface area contributed by atoms with Crippen LogP contribution in [0.2, 0.25) is 0 Å². The van der Waals surface area contributed by atoms with Gasteiger partial charge in [0.15, 0.2) is 0 Å². The summed E-state index contributed by atoms with van der Waals surface area (Å²) in [5, 5.41) is 12.0. The van der Waals surface area contributed by atoms with Gasteiger partial charge in [-0.05, 0) is 31.5 Å². The van der Waals surface area contributed by atoms with Crippen molar-refractivity contribution in [2.24, 2.45) is 0 Å². The number of carboxylic acids is 1. The number of carboxylic acid groups (broad SMARTS) is 1. The third-order valence-corrected chi connectivity index (χ3v) is 2.99. The molecule has 5 heteroatoms. The minimum Gasteiger partial charge on any atom is -0.480 e. The molecule has 1 aromatic rings. The van der Waals surface area contributed by atoms with Crippen molar-refractivity contribution in [3.8, 4) is 0 Å². The minimum atomic E-state index is -1.01. The molecule has 1 saturated heterocycles. The van der Waals surface area contributed by atoms with E-state index in [9.17, 15) is 9.59 Å². The van der Waals surface area contributed by atoms with Gasteiger partial charge in [0, 0.05) is 5.69 Å². The van der Waals surface area contributed by atoms with Crippen LogP contribution in [0.5, 0.6) is 0 Å². The average Bonchev–Trinajstić information content (AvgIpc) is 2.90. The number of anilines is 1. The monoisotopic (exact) mass is 248 g/mol. The third kappa shape index (κ3) is 2.87. The predicted molar refractivity (Wildman–Crippen MR) is 67.5 cm³/mol. The van der Waals surface area contributed by atoms with Gasteiger partial charge < -0.3 is 10.4 Å². The van der Waals surface area contributed by atoms with E-state index in [0.717, 1.165) is 19.4 Å². The van der Waals surface area contributed by atoms with E-state index in [2.05, 4.69) is 5.32 Å². The van der Waals surface area contributed by atoms with E-state index in [1.54, 1.807) is 24.3 Å². The van der Waals surface area contributed by atoms with Gasteiger partial charge in [-0.2, -0.15) is 0 Å². The quantitative estimate of drug-likeness (QED) is 0.829. The molecule has 1 atom stereocenters. The Kier molecular flexibility index (Phi) is 3.94. The lowest BCUT2D eigenvalue weighted by atomic mass is 10.2. The fourth-order valence-electron chi connectivity index (χ4n) is 2.12. The molecule has 2 N–H and O–H groups in total. The van der Waals surface area contributed by atoms with Crippen LogP contribution >= 0.6 is 0 Å². The van der Waals surface area contributed by atoms with Crippen LogP contribution in [-0.4, -0.2) is 36.1 Å². The third-order valence-electron chi connectivity index (χ3n) is 2.99. The lowest BCUT2D eigenvalue weighted by Crippen LogP contribution is -2.46. The molecule has 0 unspecified atom stereocenters. The summed E-state index contributed by atoms with van der Waals surface area (Å²) in [7, 11) is 0. The Hall–Kier alpha value is -1.88. The Bertz CT molecular complexity index is 427. The number of rotatable bonds is 4. The molecule has 1 fully saturated rings. The number of hydrogen-bond donors (Lipinski definition) is 2. The highest BCUT2D eigenvalue weighted by atomic mass is 16.4. The molecule has 1 aliphatic heterocycles. The zero-order valence-electron chi connectivity index (χ0n) is 10.0. The van der Waals surface area contributed by atoms with Gasteiger partial charge in [0.2, 0.25) is 5.91 Å². The van der Waals surface area contributed by atoms with Gasteiger partial charge in [-0.3, -0.25) is 14.5 Å². The van der Waals surface area contributed by atoms with Crippen molar-refractivity contribution in [3.05, 3.63) is 30.3 Å². The van der Waals surface area contributed by atoms with Gasteiger partial charge in [-0.25, -0.2) is 0 Å². The summed E-state index contributed by atoms with van der Waals surface area (Å²) in [4.78, 5) is 24.5. The van der Waals surface area contributed by atoms with E-state index in [1.807, 2.05) is 6.07 Å². The molecule has 5 nitrogen and oxygen atoms in total. The van der Waals surface area contributed by atoms with Crippen LogP contribution < -0.4 is 10.2 Å². The molecule has 1 aliphatic rings. The van der Waals surface area contributed by atoms with E-state index >= 15 is 0 Å². The fraction of sp³-hybridized carbons (Fsp3) is 0.385. The fourth-order valence-corrected chi connectivity index (χ4v) is 2.12. The number of nitrogens with zero attached hydrogens (tertiary/aromatic N) is 1. The Morgan fingerprint density at radius 1 is 1.33 bits per heavy atom. The van der Waals surface area contributed by atoms with E-state index in [1.165, 1.54) is 4.90 Å². The first kappa shape index (κ1) is 12.6. The second-order valence-corrected chi connectivity index (χ2v) is 4.30. The highest BCUT2D eigenvalue weighted by Crippen LogP contribution is 2.17. The molecule has 18 heavy (non-hydrogen) atoms. The first-order chi connectivity index (χ1) is 8.68. The number of aliphatic carboxylic acids is 1. The van der Waals surface area contributed by atoms with Crippen LogP contribution in [0, 0.1) is 0 Å². The molecule has 0 aliphatic carbocycles. The van der Waals surface area contributed by atoms with Gasteiger partial charge in [0.25, 0.3) is 0 Å². The van der Waals surface area contributed by atoms with Crippen molar-refractivity contribution in [3.63, 3.8) is 0 Å². The molecule has 0 radical (unpaired) electrons. The molecule has 1 aromatic carbocycles. The molecule has 2 rings (SSSR count). The Labute approximate surface area is 105 Å². The number of amides is 1. The number of carbonyl (C=O) groups is 2. The number of carbonyl (C=O) groups excluding carboxylic acids is 1. The molecule has 0 bridgehead atoms. The molecule has 96 valence electrons. The number of nitrogens with one attached hydrogen (secondary N) is 1. The van der Waals surface area contributed by atoms with Crippen molar-refractivity contribution in [1.29, 1.82) is 0 Å². The van der Waals surface area contributed by atoms with Crippen LogP contribution in [0.15, 0.2) is 30.3 Å². The second kappa shape index (κ2) is 5.64. The zero-order chi connectivity index (χ0) is 13.0. The second-order valence-electron chi connectivity index (χ2n) is 4.30. The van der Waals surface area contributed by atoms with Crippen LogP contribution in [0.3, 0.4) is 0 Å². The summed E-state index contributed by atoms with van der Waals surface area (Å²) in [6, 6.07) is 8.65. The Morgan fingerprint density at radius 2 is 2.06 bits per heavy atom. The van der Waals surface area contributed by atoms with Crippen LogP contribution in [0.25, 0.3) is 0 Å². The largest absolute Gasteiger partial charge is 0.480 e. The van der Waals surface area contributed by atoms with Crippen molar-refractivity contribution in [2.75, 3.05) is 18.0 Å². The summed E-state index contributed by atoms with van der Waals surface area (Å²) < 4.78 is 0. The van der Waals surface area contributed by atoms with Gasteiger partial charge in [-0.1, -0.05) is 18.2 Å². The first-order valence-corrected chi connectivity index (χ1v) is 6.00. The summed E-state index contributed by atoms with van der Waals surface area (Å²) in [6.45, 7) is 0.507. The maximum atomic E-state index is 12.3. The Morgan fingerprint density at radius 3 is 2.61 bits per heavy atom. The molecule has 0 saturated carbocycles. The number of para-hydroxylation sites is 1. The lowest BCUT2D eigenvalue weighted by molar-refractivity contribution is -0.136. The highest BCUT2D eigenvalue weighted by molar-refractivity contribution is 6.00. The summed E-state index contributed by atoms with van der Waals surface area (Å²) in [6.07, 6.45) is 1.72. The summed E-state index contributed by atoms with van der Waals surface area (Å²) in [5.74, 6) is -1.17. The number of hydrogen-bond acceptors (Lipinski definition) is 3. The van der Waals surface area contributed by atoms with Crippen molar-refractivity contribution in [1.82, 2.24) is 5.32 Å². The molecule has 1 heterocycles. The normalized spacial score (nSPS) is 18.6. The van der Waals surface area contributed by atoms with Crippen molar-refractivity contribution in [2.45, 2.75) is 18.9 Å². The van der Waals surface area contributed by atoms with Gasteiger partial charge in [0.1, 0.15) is 6.54 Å². The molecule has 0 aromatic heterocycles. The van der Waals surface area contributed by atoms with Crippen LogP contribution in [0.1, 0.15) is 12.8 Å². The molecular formula is C13H16N2O3. The topological polar surface area (TPSA) is 69.6 Å². The molecular weight excluding hydrogens is 232 g/mol. The minimum absolute atomic E-state index is 0.166.